The van der Waals surface area contributed by atoms with Gasteiger partial charge in [0, 0.05) is 24.8 Å². The first-order chi connectivity index (χ1) is 9.98. The van der Waals surface area contributed by atoms with Crippen LogP contribution in [-0.4, -0.2) is 44.7 Å². The molecule has 0 aliphatic heterocycles. The van der Waals surface area contributed by atoms with Gasteiger partial charge in [-0.1, -0.05) is 18.8 Å². The summed E-state index contributed by atoms with van der Waals surface area (Å²) in [5.41, 5.74) is 6.12. The molecule has 0 spiro atoms. The van der Waals surface area contributed by atoms with Gasteiger partial charge in [0.15, 0.2) is 0 Å². The summed E-state index contributed by atoms with van der Waals surface area (Å²) in [5.74, 6) is 4.87. The summed E-state index contributed by atoms with van der Waals surface area (Å²) in [4.78, 5) is 15.7. The van der Waals surface area contributed by atoms with Crippen molar-refractivity contribution < 1.29 is 13.2 Å². The maximum absolute atomic E-state index is 11.8. The molecule has 1 heterocycles. The Balaban J connectivity index is 2.53. The molecule has 7 nitrogen and oxygen atoms in total. The standard InChI is InChI=1S/C13H18N4O3S/c1-2-17-21(19,20)9-8-15-13(18)12-6-5-11(10-16-12)4-3-7-14/h5-6,10,17H,2,7-9,14H2,1H3,(H,15,18). The minimum Gasteiger partial charge on any atom is -0.350 e. The zero-order valence-corrected chi connectivity index (χ0v) is 12.5. The molecule has 1 aromatic rings. The Morgan fingerprint density at radius 2 is 2.19 bits per heavy atom. The molecule has 114 valence electrons. The molecule has 1 amide bonds. The molecule has 8 heteroatoms. The molecule has 0 atom stereocenters. The summed E-state index contributed by atoms with van der Waals surface area (Å²) in [6, 6.07) is 3.18. The van der Waals surface area contributed by atoms with Gasteiger partial charge in [0.25, 0.3) is 5.91 Å². The number of nitrogens with two attached hydrogens (primary N) is 1. The highest BCUT2D eigenvalue weighted by Crippen LogP contribution is 1.98. The fourth-order valence-corrected chi connectivity index (χ4v) is 2.39. The van der Waals surface area contributed by atoms with Crippen LogP contribution in [0.5, 0.6) is 0 Å². The number of carbonyl (C=O) groups is 1. The molecule has 0 radical (unpaired) electrons. The molecule has 0 unspecified atom stereocenters. The Labute approximate surface area is 124 Å². The van der Waals surface area contributed by atoms with Crippen LogP contribution >= 0.6 is 0 Å². The second-order valence-electron chi connectivity index (χ2n) is 4.01. The molecular weight excluding hydrogens is 292 g/mol. The molecule has 21 heavy (non-hydrogen) atoms. The number of hydrogen-bond acceptors (Lipinski definition) is 5. The van der Waals surface area contributed by atoms with Gasteiger partial charge in [0.05, 0.1) is 12.3 Å². The number of carbonyl (C=O) groups excluding carboxylic acids is 1. The number of pyridine rings is 1. The van der Waals surface area contributed by atoms with Crippen LogP contribution in [0.3, 0.4) is 0 Å². The van der Waals surface area contributed by atoms with E-state index in [0.29, 0.717) is 12.1 Å². The number of rotatable bonds is 6. The summed E-state index contributed by atoms with van der Waals surface area (Å²) in [7, 11) is -3.34. The first-order valence-electron chi connectivity index (χ1n) is 6.39. The van der Waals surface area contributed by atoms with Crippen LogP contribution < -0.4 is 15.8 Å². The van der Waals surface area contributed by atoms with Crippen molar-refractivity contribution in [2.45, 2.75) is 6.92 Å². The number of hydrogen-bond donors (Lipinski definition) is 3. The average Bonchev–Trinajstić information content (AvgIpc) is 2.45. The van der Waals surface area contributed by atoms with Crippen molar-refractivity contribution in [3.05, 3.63) is 29.6 Å². The van der Waals surface area contributed by atoms with Crippen molar-refractivity contribution in [2.75, 3.05) is 25.4 Å². The van der Waals surface area contributed by atoms with Gasteiger partial charge in [-0.2, -0.15) is 0 Å². The number of amides is 1. The van der Waals surface area contributed by atoms with Crippen molar-refractivity contribution >= 4 is 15.9 Å². The molecular formula is C13H18N4O3S. The van der Waals surface area contributed by atoms with E-state index in [2.05, 4.69) is 26.9 Å². The topological polar surface area (TPSA) is 114 Å². The van der Waals surface area contributed by atoms with Crippen molar-refractivity contribution in [2.24, 2.45) is 5.73 Å². The van der Waals surface area contributed by atoms with Gasteiger partial charge >= 0.3 is 0 Å². The average molecular weight is 310 g/mol. The summed E-state index contributed by atoms with van der Waals surface area (Å²) >= 11 is 0. The first-order valence-corrected chi connectivity index (χ1v) is 8.04. The molecule has 0 saturated carbocycles. The van der Waals surface area contributed by atoms with Crippen molar-refractivity contribution in [1.82, 2.24) is 15.0 Å². The lowest BCUT2D eigenvalue weighted by Crippen LogP contribution is -2.34. The quantitative estimate of drug-likeness (QED) is 0.587. The van der Waals surface area contributed by atoms with Crippen LogP contribution in [0.2, 0.25) is 0 Å². The van der Waals surface area contributed by atoms with E-state index in [9.17, 15) is 13.2 Å². The third-order valence-corrected chi connectivity index (χ3v) is 3.82. The number of nitrogens with zero attached hydrogens (tertiary/aromatic N) is 1. The lowest BCUT2D eigenvalue weighted by molar-refractivity contribution is 0.0951. The smallest absolute Gasteiger partial charge is 0.269 e. The summed E-state index contributed by atoms with van der Waals surface area (Å²) < 4.78 is 25.1. The Morgan fingerprint density at radius 1 is 1.43 bits per heavy atom. The second-order valence-corrected chi connectivity index (χ2v) is 5.94. The minimum atomic E-state index is -3.34. The molecule has 4 N–H and O–H groups in total. The fourth-order valence-electron chi connectivity index (χ4n) is 1.44. The van der Waals surface area contributed by atoms with E-state index in [1.165, 1.54) is 12.3 Å². The van der Waals surface area contributed by atoms with Crippen LogP contribution in [0, 0.1) is 11.8 Å². The molecule has 0 aliphatic carbocycles. The summed E-state index contributed by atoms with van der Waals surface area (Å²) in [6.45, 7) is 2.28. The van der Waals surface area contributed by atoms with Gasteiger partial charge in [-0.15, -0.1) is 0 Å². The van der Waals surface area contributed by atoms with E-state index in [1.807, 2.05) is 0 Å². The summed E-state index contributed by atoms with van der Waals surface area (Å²) in [6.07, 6.45) is 1.47. The zero-order chi connectivity index (χ0) is 15.7. The van der Waals surface area contributed by atoms with Gasteiger partial charge in [0.2, 0.25) is 10.0 Å². The number of aromatic nitrogens is 1. The van der Waals surface area contributed by atoms with E-state index in [-0.39, 0.29) is 24.5 Å². The second kappa shape index (κ2) is 8.36. The normalized spacial score (nSPS) is 10.6. The molecule has 1 aromatic heterocycles. The Kier molecular flexibility index (Phi) is 6.81. The highest BCUT2D eigenvalue weighted by molar-refractivity contribution is 7.89. The summed E-state index contributed by atoms with van der Waals surface area (Å²) in [5, 5.41) is 2.50. The van der Waals surface area contributed by atoms with E-state index in [0.717, 1.165) is 0 Å². The first kappa shape index (κ1) is 17.1. The highest BCUT2D eigenvalue weighted by Gasteiger charge is 2.11. The highest BCUT2D eigenvalue weighted by atomic mass is 32.2. The van der Waals surface area contributed by atoms with Crippen molar-refractivity contribution in [3.63, 3.8) is 0 Å². The maximum atomic E-state index is 11.8. The lowest BCUT2D eigenvalue weighted by Gasteiger charge is -2.06. The van der Waals surface area contributed by atoms with E-state index in [1.54, 1.807) is 13.0 Å². The minimum absolute atomic E-state index is 0.0184. The molecule has 0 saturated heterocycles. The van der Waals surface area contributed by atoms with Crippen LogP contribution in [0.4, 0.5) is 0 Å². The fraction of sp³-hybridized carbons (Fsp3) is 0.385. The Bertz CT molecular complexity index is 630. The molecule has 0 aromatic carbocycles. The van der Waals surface area contributed by atoms with Crippen LogP contribution in [0.15, 0.2) is 18.3 Å². The van der Waals surface area contributed by atoms with E-state index in [4.69, 9.17) is 5.73 Å². The van der Waals surface area contributed by atoms with Gasteiger partial charge in [-0.05, 0) is 12.1 Å². The SMILES string of the molecule is CCNS(=O)(=O)CCNC(=O)c1ccc(C#CCN)cn1. The molecule has 0 bridgehead atoms. The maximum Gasteiger partial charge on any atom is 0.269 e. The molecule has 0 fully saturated rings. The van der Waals surface area contributed by atoms with E-state index >= 15 is 0 Å². The van der Waals surface area contributed by atoms with E-state index < -0.39 is 15.9 Å². The number of nitrogens with one attached hydrogen (secondary N) is 2. The van der Waals surface area contributed by atoms with Crippen molar-refractivity contribution in [3.8, 4) is 11.8 Å². The molecule has 0 aliphatic rings. The Hall–Kier alpha value is -1.95. The molecule has 1 rings (SSSR count). The third kappa shape index (κ3) is 6.35. The van der Waals surface area contributed by atoms with Gasteiger partial charge < -0.3 is 11.1 Å². The monoisotopic (exact) mass is 310 g/mol. The predicted molar refractivity (Wildman–Crippen MR) is 80.0 cm³/mol. The largest absolute Gasteiger partial charge is 0.350 e. The van der Waals surface area contributed by atoms with Crippen LogP contribution in [-0.2, 0) is 10.0 Å². The third-order valence-electron chi connectivity index (χ3n) is 2.35. The van der Waals surface area contributed by atoms with Crippen LogP contribution in [0.1, 0.15) is 23.0 Å². The predicted octanol–water partition coefficient (Wildman–Crippen LogP) is -0.939. The van der Waals surface area contributed by atoms with Crippen molar-refractivity contribution in [1.29, 1.82) is 0 Å². The number of sulfonamides is 1. The lowest BCUT2D eigenvalue weighted by atomic mass is 10.2. The van der Waals surface area contributed by atoms with Gasteiger partial charge in [0.1, 0.15) is 5.69 Å². The Morgan fingerprint density at radius 3 is 2.76 bits per heavy atom. The van der Waals surface area contributed by atoms with Gasteiger partial charge in [-0.3, -0.25) is 4.79 Å². The zero-order valence-electron chi connectivity index (χ0n) is 11.7. The van der Waals surface area contributed by atoms with Crippen LogP contribution in [0.25, 0.3) is 0 Å². The van der Waals surface area contributed by atoms with Gasteiger partial charge in [-0.25, -0.2) is 18.1 Å².